The number of para-hydroxylation sites is 1. The molecule has 0 fully saturated rings. The highest BCUT2D eigenvalue weighted by Gasteiger charge is 2.11. The van der Waals surface area contributed by atoms with Crippen molar-refractivity contribution in [2.24, 2.45) is 5.10 Å². The van der Waals surface area contributed by atoms with Gasteiger partial charge in [-0.05, 0) is 42.0 Å². The molecule has 3 aromatic carbocycles. The van der Waals surface area contributed by atoms with Crippen LogP contribution in [0.3, 0.4) is 0 Å². The van der Waals surface area contributed by atoms with Crippen molar-refractivity contribution < 1.29 is 4.39 Å². The molecule has 0 aliphatic rings. The molecule has 0 aliphatic heterocycles. The van der Waals surface area contributed by atoms with Crippen LogP contribution in [0.5, 0.6) is 0 Å². The first-order valence-corrected chi connectivity index (χ1v) is 11.4. The Labute approximate surface area is 197 Å². The summed E-state index contributed by atoms with van der Waals surface area (Å²) in [5, 5.41) is 6.08. The van der Waals surface area contributed by atoms with E-state index in [9.17, 15) is 9.18 Å². The SMILES string of the molecule is CCc1nc2ccc(Br)cc2c(=O)n1N=Cc1cn(Cc2ccc(F)cc2)c2ccccc12. The number of aryl methyl sites for hydroxylation is 1. The van der Waals surface area contributed by atoms with Crippen LogP contribution in [-0.4, -0.2) is 20.4 Å². The molecule has 5 rings (SSSR count). The average molecular weight is 503 g/mol. The molecule has 0 saturated carbocycles. The minimum absolute atomic E-state index is 0.204. The molecule has 2 aromatic heterocycles. The minimum Gasteiger partial charge on any atom is -0.342 e. The average Bonchev–Trinajstić information content (AvgIpc) is 3.17. The van der Waals surface area contributed by atoms with E-state index in [1.807, 2.05) is 49.5 Å². The van der Waals surface area contributed by atoms with Gasteiger partial charge in [0.25, 0.3) is 5.56 Å². The van der Waals surface area contributed by atoms with Crippen molar-refractivity contribution in [3.05, 3.63) is 111 Å². The zero-order valence-corrected chi connectivity index (χ0v) is 19.5. The maximum atomic E-state index is 13.3. The van der Waals surface area contributed by atoms with Gasteiger partial charge in [-0.1, -0.05) is 53.2 Å². The van der Waals surface area contributed by atoms with Crippen LogP contribution in [0.2, 0.25) is 0 Å². The van der Waals surface area contributed by atoms with Gasteiger partial charge in [-0.15, -0.1) is 0 Å². The first-order chi connectivity index (χ1) is 16.0. The number of fused-ring (bicyclic) bond motifs is 2. The van der Waals surface area contributed by atoms with Crippen LogP contribution in [0.4, 0.5) is 4.39 Å². The maximum absolute atomic E-state index is 13.3. The lowest BCUT2D eigenvalue weighted by Gasteiger charge is -2.07. The molecule has 0 bridgehead atoms. The number of hydrogen-bond donors (Lipinski definition) is 0. The molecule has 0 atom stereocenters. The highest BCUT2D eigenvalue weighted by Crippen LogP contribution is 2.22. The second kappa shape index (κ2) is 8.75. The van der Waals surface area contributed by atoms with Crippen LogP contribution in [0.25, 0.3) is 21.8 Å². The summed E-state index contributed by atoms with van der Waals surface area (Å²) in [5.74, 6) is 0.346. The molecule has 0 amide bonds. The molecule has 7 heteroatoms. The second-order valence-electron chi connectivity index (χ2n) is 7.76. The Bertz CT molecular complexity index is 1570. The monoisotopic (exact) mass is 502 g/mol. The first-order valence-electron chi connectivity index (χ1n) is 10.6. The van der Waals surface area contributed by atoms with Crippen molar-refractivity contribution in [3.8, 4) is 0 Å². The van der Waals surface area contributed by atoms with Gasteiger partial charge in [-0.2, -0.15) is 9.78 Å². The molecule has 0 spiro atoms. The summed E-state index contributed by atoms with van der Waals surface area (Å²) in [6.45, 7) is 2.55. The van der Waals surface area contributed by atoms with Crippen LogP contribution in [0.15, 0.2) is 87.3 Å². The van der Waals surface area contributed by atoms with Crippen LogP contribution in [0.1, 0.15) is 23.9 Å². The Balaban J connectivity index is 1.59. The largest absolute Gasteiger partial charge is 0.342 e. The fraction of sp³-hybridized carbons (Fsp3) is 0.115. The van der Waals surface area contributed by atoms with Gasteiger partial charge < -0.3 is 4.57 Å². The van der Waals surface area contributed by atoms with Crippen molar-refractivity contribution >= 4 is 44.0 Å². The number of aromatic nitrogens is 3. The predicted octanol–water partition coefficient (Wildman–Crippen LogP) is 5.75. The zero-order valence-electron chi connectivity index (χ0n) is 17.9. The number of nitrogens with zero attached hydrogens (tertiary/aromatic N) is 4. The van der Waals surface area contributed by atoms with Gasteiger partial charge in [0.2, 0.25) is 0 Å². The lowest BCUT2D eigenvalue weighted by molar-refractivity contribution is 0.626. The molecule has 0 N–H and O–H groups in total. The lowest BCUT2D eigenvalue weighted by Crippen LogP contribution is -2.22. The molecule has 0 aliphatic carbocycles. The Morgan fingerprint density at radius 1 is 1.06 bits per heavy atom. The van der Waals surface area contributed by atoms with Gasteiger partial charge in [0.1, 0.15) is 11.6 Å². The van der Waals surface area contributed by atoms with Gasteiger partial charge in [0.15, 0.2) is 0 Å². The molecule has 164 valence electrons. The van der Waals surface area contributed by atoms with E-state index < -0.39 is 0 Å². The van der Waals surface area contributed by atoms with E-state index in [4.69, 9.17) is 0 Å². The Morgan fingerprint density at radius 2 is 1.85 bits per heavy atom. The second-order valence-corrected chi connectivity index (χ2v) is 8.68. The number of halogens is 2. The van der Waals surface area contributed by atoms with Crippen molar-refractivity contribution in [3.63, 3.8) is 0 Å². The van der Waals surface area contributed by atoms with Gasteiger partial charge >= 0.3 is 0 Å². The summed E-state index contributed by atoms with van der Waals surface area (Å²) < 4.78 is 17.6. The highest BCUT2D eigenvalue weighted by molar-refractivity contribution is 9.10. The van der Waals surface area contributed by atoms with Gasteiger partial charge in [-0.3, -0.25) is 4.79 Å². The Kier molecular flexibility index (Phi) is 5.64. The molecule has 5 nitrogen and oxygen atoms in total. The predicted molar refractivity (Wildman–Crippen MR) is 134 cm³/mol. The summed E-state index contributed by atoms with van der Waals surface area (Å²) in [4.78, 5) is 17.8. The van der Waals surface area contributed by atoms with E-state index in [1.54, 1.807) is 24.4 Å². The third-order valence-corrected chi connectivity index (χ3v) is 6.08. The molecule has 2 heterocycles. The summed E-state index contributed by atoms with van der Waals surface area (Å²) in [6.07, 6.45) is 4.28. The first kappa shape index (κ1) is 21.3. The third kappa shape index (κ3) is 4.12. The highest BCUT2D eigenvalue weighted by atomic mass is 79.9. The Hall–Kier alpha value is -3.58. The van der Waals surface area contributed by atoms with E-state index in [-0.39, 0.29) is 11.4 Å². The topological polar surface area (TPSA) is 52.2 Å². The van der Waals surface area contributed by atoms with Crippen LogP contribution >= 0.6 is 15.9 Å². The fourth-order valence-corrected chi connectivity index (χ4v) is 4.32. The van der Waals surface area contributed by atoms with Gasteiger partial charge in [0, 0.05) is 40.1 Å². The minimum atomic E-state index is -0.253. The lowest BCUT2D eigenvalue weighted by atomic mass is 10.2. The van der Waals surface area contributed by atoms with E-state index >= 15 is 0 Å². The van der Waals surface area contributed by atoms with Crippen LogP contribution < -0.4 is 5.56 Å². The number of hydrogen-bond acceptors (Lipinski definition) is 3. The molecular weight excluding hydrogens is 483 g/mol. The van der Waals surface area contributed by atoms with E-state index in [0.717, 1.165) is 26.5 Å². The third-order valence-electron chi connectivity index (χ3n) is 5.59. The van der Waals surface area contributed by atoms with E-state index in [1.165, 1.54) is 16.8 Å². The zero-order chi connectivity index (χ0) is 22.9. The standard InChI is InChI=1S/C26H20BrFN4O/c1-2-25-30-23-12-9-19(27)13-22(23)26(33)32(25)29-14-18-16-31(24-6-4-3-5-21(18)24)15-17-7-10-20(28)11-8-17/h3-14,16H,2,15H2,1H3. The quantitative estimate of drug-likeness (QED) is 0.287. The summed E-state index contributed by atoms with van der Waals surface area (Å²) >= 11 is 3.43. The molecule has 0 unspecified atom stereocenters. The Morgan fingerprint density at radius 3 is 2.64 bits per heavy atom. The van der Waals surface area contributed by atoms with Crippen molar-refractivity contribution in [1.82, 2.24) is 14.2 Å². The molecular formula is C26H20BrFN4O. The van der Waals surface area contributed by atoms with Crippen molar-refractivity contribution in [1.29, 1.82) is 0 Å². The van der Waals surface area contributed by atoms with Crippen molar-refractivity contribution in [2.75, 3.05) is 0 Å². The number of benzene rings is 3. The molecule has 0 radical (unpaired) electrons. The van der Waals surface area contributed by atoms with Crippen molar-refractivity contribution in [2.45, 2.75) is 19.9 Å². The normalized spacial score (nSPS) is 11.7. The number of rotatable bonds is 5. The van der Waals surface area contributed by atoms with Gasteiger partial charge in [0.05, 0.1) is 17.1 Å². The molecule has 0 saturated heterocycles. The van der Waals surface area contributed by atoms with Crippen LogP contribution in [-0.2, 0) is 13.0 Å². The summed E-state index contributed by atoms with van der Waals surface area (Å²) in [7, 11) is 0. The van der Waals surface area contributed by atoms with Gasteiger partial charge in [-0.25, -0.2) is 9.37 Å². The maximum Gasteiger partial charge on any atom is 0.282 e. The van der Waals surface area contributed by atoms with Crippen LogP contribution in [0, 0.1) is 5.82 Å². The van der Waals surface area contributed by atoms with E-state index in [0.29, 0.717) is 29.7 Å². The fourth-order valence-electron chi connectivity index (χ4n) is 3.96. The smallest absolute Gasteiger partial charge is 0.282 e. The molecule has 5 aromatic rings. The summed E-state index contributed by atoms with van der Waals surface area (Å²) in [6, 6.07) is 20.0. The van der Waals surface area contributed by atoms with E-state index in [2.05, 4.69) is 30.6 Å². The molecule has 33 heavy (non-hydrogen) atoms. The summed E-state index contributed by atoms with van der Waals surface area (Å²) in [5.41, 5.74) is 3.36.